The van der Waals surface area contributed by atoms with Gasteiger partial charge in [-0.05, 0) is 0 Å². The first kappa shape index (κ1) is 14.7. The molecule has 7 heteroatoms. The number of halogens is 1. The van der Waals surface area contributed by atoms with Crippen LogP contribution in [0.2, 0.25) is 0 Å². The van der Waals surface area contributed by atoms with Crippen molar-refractivity contribution >= 4 is 15.9 Å². The Hall–Kier alpha value is -0.330. The predicted octanol–water partition coefficient (Wildman–Crippen LogP) is 0.981. The highest BCUT2D eigenvalue weighted by molar-refractivity contribution is 9.09. The number of nitrogens with zero attached hydrogens (tertiary/aromatic N) is 2. The second-order valence-corrected chi connectivity index (χ2v) is 3.28. The highest BCUT2D eigenvalue weighted by atomic mass is 79.9. The summed E-state index contributed by atoms with van der Waals surface area (Å²) >= 11 is 3.26. The molecule has 0 aromatic carbocycles. The first-order valence-corrected chi connectivity index (χ1v) is 5.86. The van der Waals surface area contributed by atoms with E-state index in [1.54, 1.807) is 0 Å². The third-order valence-electron chi connectivity index (χ3n) is 1.37. The van der Waals surface area contributed by atoms with E-state index in [9.17, 15) is 0 Å². The summed E-state index contributed by atoms with van der Waals surface area (Å²) < 4.78 is 15.6. The summed E-state index contributed by atoms with van der Waals surface area (Å²) in [4.78, 5) is 2.85. The van der Waals surface area contributed by atoms with Gasteiger partial charge in [0.15, 0.2) is 0 Å². The average Bonchev–Trinajstić information content (AvgIpc) is 2.26. The SMILES string of the molecule is N=[N+]=NCCOCCOCCOCCBr. The second kappa shape index (κ2) is 13.7. The van der Waals surface area contributed by atoms with Gasteiger partial charge in [0, 0.05) is 5.33 Å². The molecule has 0 aliphatic carbocycles. The van der Waals surface area contributed by atoms with Crippen molar-refractivity contribution in [1.29, 1.82) is 5.53 Å². The molecule has 0 aromatic heterocycles. The van der Waals surface area contributed by atoms with Gasteiger partial charge in [-0.15, -0.1) is 0 Å². The van der Waals surface area contributed by atoms with Gasteiger partial charge >= 0.3 is 0 Å². The van der Waals surface area contributed by atoms with Gasteiger partial charge in [0.25, 0.3) is 0 Å². The molecule has 1 N–H and O–H groups in total. The summed E-state index contributed by atoms with van der Waals surface area (Å²) in [6.07, 6.45) is 0. The van der Waals surface area contributed by atoms with Gasteiger partial charge in [-0.2, -0.15) is 0 Å². The van der Waals surface area contributed by atoms with Crippen molar-refractivity contribution in [2.24, 2.45) is 5.11 Å². The fourth-order valence-corrected chi connectivity index (χ4v) is 0.981. The van der Waals surface area contributed by atoms with Crippen LogP contribution in [0.4, 0.5) is 0 Å². The maximum Gasteiger partial charge on any atom is 0.214 e. The molecule has 0 bridgehead atoms. The lowest BCUT2D eigenvalue weighted by molar-refractivity contribution is 0.0189. The number of hydrogen-bond donors (Lipinski definition) is 1. The van der Waals surface area contributed by atoms with E-state index in [2.05, 4.69) is 26.0 Å². The molecule has 0 unspecified atom stereocenters. The molecule has 88 valence electrons. The van der Waals surface area contributed by atoms with Crippen molar-refractivity contribution in [2.45, 2.75) is 0 Å². The minimum absolute atomic E-state index is 0.428. The van der Waals surface area contributed by atoms with Crippen molar-refractivity contribution in [1.82, 2.24) is 4.91 Å². The Kier molecular flexibility index (Phi) is 13.4. The van der Waals surface area contributed by atoms with Crippen molar-refractivity contribution < 1.29 is 14.2 Å². The topological polar surface area (TPSA) is 78.0 Å². The van der Waals surface area contributed by atoms with E-state index < -0.39 is 0 Å². The van der Waals surface area contributed by atoms with Crippen LogP contribution in [0.15, 0.2) is 5.11 Å². The molecule has 15 heavy (non-hydrogen) atoms. The van der Waals surface area contributed by atoms with Crippen LogP contribution in [0.25, 0.3) is 0 Å². The van der Waals surface area contributed by atoms with Crippen LogP contribution >= 0.6 is 15.9 Å². The maximum absolute atomic E-state index is 6.39. The van der Waals surface area contributed by atoms with E-state index in [-0.39, 0.29) is 0 Å². The molecule has 0 atom stereocenters. The molecule has 0 amide bonds. The van der Waals surface area contributed by atoms with Crippen LogP contribution in [0.1, 0.15) is 0 Å². The number of hydrogen-bond acceptors (Lipinski definition) is 5. The van der Waals surface area contributed by atoms with Crippen LogP contribution in [-0.2, 0) is 14.2 Å². The van der Waals surface area contributed by atoms with Crippen LogP contribution in [0.3, 0.4) is 0 Å². The van der Waals surface area contributed by atoms with Gasteiger partial charge in [-0.1, -0.05) is 15.9 Å². The van der Waals surface area contributed by atoms with Gasteiger partial charge in [0.1, 0.15) is 17.2 Å². The molecular formula is C8H17BrN3O3+. The van der Waals surface area contributed by atoms with Gasteiger partial charge in [-0.3, -0.25) is 0 Å². The van der Waals surface area contributed by atoms with Crippen molar-refractivity contribution in [3.63, 3.8) is 0 Å². The molecular weight excluding hydrogens is 266 g/mol. The number of ether oxygens (including phenoxy) is 3. The molecule has 0 aliphatic rings. The Balaban J connectivity index is 2.89. The summed E-state index contributed by atoms with van der Waals surface area (Å²) in [5, 5.41) is 4.29. The summed E-state index contributed by atoms with van der Waals surface area (Å²) in [6, 6.07) is 0. The predicted molar refractivity (Wildman–Crippen MR) is 58.4 cm³/mol. The van der Waals surface area contributed by atoms with Crippen LogP contribution < -0.4 is 4.91 Å². The highest BCUT2D eigenvalue weighted by Crippen LogP contribution is 1.84. The van der Waals surface area contributed by atoms with Gasteiger partial charge < -0.3 is 14.2 Å². The Morgan fingerprint density at radius 3 is 2.00 bits per heavy atom. The lowest BCUT2D eigenvalue weighted by Crippen LogP contribution is -2.11. The third-order valence-corrected chi connectivity index (χ3v) is 1.70. The summed E-state index contributed by atoms with van der Waals surface area (Å²) in [6.45, 7) is 3.89. The Morgan fingerprint density at radius 2 is 1.47 bits per heavy atom. The quantitative estimate of drug-likeness (QED) is 0.266. The zero-order chi connectivity index (χ0) is 11.2. The standard InChI is InChI=1S/C8H17BrN3O3/c9-1-3-13-5-7-15-8-6-14-4-2-11-12-10/h10H,1-8H2/q+1. The fourth-order valence-electron chi connectivity index (χ4n) is 0.752. The van der Waals surface area contributed by atoms with E-state index in [1.165, 1.54) is 0 Å². The smallest absolute Gasteiger partial charge is 0.214 e. The average molecular weight is 283 g/mol. The lowest BCUT2D eigenvalue weighted by Gasteiger charge is -2.04. The van der Waals surface area contributed by atoms with Gasteiger partial charge in [0.2, 0.25) is 4.91 Å². The normalized spacial score (nSPS) is 9.93. The molecule has 0 fully saturated rings. The van der Waals surface area contributed by atoms with E-state index in [1.807, 2.05) is 0 Å². The minimum atomic E-state index is 0.428. The molecule has 0 aliphatic heterocycles. The summed E-state index contributed by atoms with van der Waals surface area (Å²) in [5.74, 6) is 0. The Morgan fingerprint density at radius 1 is 0.933 bits per heavy atom. The second-order valence-electron chi connectivity index (χ2n) is 2.49. The molecule has 0 spiro atoms. The molecule has 0 saturated heterocycles. The molecule has 0 saturated carbocycles. The number of nitrogens with one attached hydrogen (secondary N) is 1. The number of alkyl halides is 1. The summed E-state index contributed by atoms with van der Waals surface area (Å²) in [5.41, 5.74) is 6.39. The van der Waals surface area contributed by atoms with Crippen molar-refractivity contribution in [3.05, 3.63) is 0 Å². The van der Waals surface area contributed by atoms with Crippen LogP contribution in [-0.4, -0.2) is 51.5 Å². The maximum atomic E-state index is 6.39. The van der Waals surface area contributed by atoms with E-state index in [0.29, 0.717) is 46.2 Å². The largest absolute Gasteiger partial charge is 0.378 e. The van der Waals surface area contributed by atoms with Crippen LogP contribution in [0.5, 0.6) is 0 Å². The van der Waals surface area contributed by atoms with Crippen molar-refractivity contribution in [3.8, 4) is 0 Å². The minimum Gasteiger partial charge on any atom is -0.378 e. The molecule has 0 radical (unpaired) electrons. The third kappa shape index (κ3) is 13.7. The zero-order valence-electron chi connectivity index (χ0n) is 8.65. The highest BCUT2D eigenvalue weighted by Gasteiger charge is 1.92. The monoisotopic (exact) mass is 282 g/mol. The zero-order valence-corrected chi connectivity index (χ0v) is 10.2. The fraction of sp³-hybridized carbons (Fsp3) is 1.00. The molecule has 0 heterocycles. The van der Waals surface area contributed by atoms with Gasteiger partial charge in [-0.25, -0.2) is 0 Å². The van der Waals surface area contributed by atoms with E-state index >= 15 is 0 Å². The lowest BCUT2D eigenvalue weighted by atomic mass is 10.7. The first-order valence-electron chi connectivity index (χ1n) is 4.74. The Labute approximate surface area is 97.6 Å². The number of rotatable bonds is 11. The summed E-state index contributed by atoms with van der Waals surface area (Å²) in [7, 11) is 0. The van der Waals surface area contributed by atoms with Gasteiger partial charge in [0.05, 0.1) is 39.6 Å². The molecule has 0 aromatic rings. The van der Waals surface area contributed by atoms with E-state index in [4.69, 9.17) is 19.7 Å². The molecule has 6 nitrogen and oxygen atoms in total. The van der Waals surface area contributed by atoms with E-state index in [0.717, 1.165) is 5.33 Å². The Bertz CT molecular complexity index is 177. The van der Waals surface area contributed by atoms with Crippen LogP contribution in [0, 0.1) is 5.53 Å². The van der Waals surface area contributed by atoms with Crippen molar-refractivity contribution in [2.75, 3.05) is 51.5 Å². The molecule has 0 rings (SSSR count). The first-order chi connectivity index (χ1) is 7.41.